The molecule has 0 bridgehead atoms. The predicted octanol–water partition coefficient (Wildman–Crippen LogP) is 2.04. The smallest absolute Gasteiger partial charge is 0.322 e. The van der Waals surface area contributed by atoms with Crippen LogP contribution in [0.4, 0.5) is 5.69 Å². The number of benzene rings is 1. The molecule has 0 aliphatic carbocycles. The van der Waals surface area contributed by atoms with Gasteiger partial charge in [-0.05, 0) is 32.4 Å². The molecule has 1 atom stereocenters. The summed E-state index contributed by atoms with van der Waals surface area (Å²) in [5.41, 5.74) is 7.71. The second kappa shape index (κ2) is 6.40. The molecule has 2 N–H and O–H groups in total. The zero-order chi connectivity index (χ0) is 13.7. The first-order valence-corrected chi connectivity index (χ1v) is 6.14. The van der Waals surface area contributed by atoms with Gasteiger partial charge in [-0.3, -0.25) is 9.69 Å². The van der Waals surface area contributed by atoms with E-state index in [1.165, 1.54) is 7.11 Å². The monoisotopic (exact) mass is 250 g/mol. The molecule has 1 aromatic rings. The summed E-state index contributed by atoms with van der Waals surface area (Å²) in [4.78, 5) is 13.7. The topological polar surface area (TPSA) is 55.6 Å². The van der Waals surface area contributed by atoms with E-state index in [0.29, 0.717) is 6.54 Å². The Labute approximate surface area is 109 Å². The molecule has 4 nitrogen and oxygen atoms in total. The number of hydrogen-bond donors (Lipinski definition) is 1. The van der Waals surface area contributed by atoms with E-state index in [1.54, 1.807) is 0 Å². The van der Waals surface area contributed by atoms with Crippen LogP contribution in [-0.2, 0) is 16.1 Å². The molecule has 0 radical (unpaired) electrons. The van der Waals surface area contributed by atoms with Gasteiger partial charge in [-0.2, -0.15) is 0 Å². The van der Waals surface area contributed by atoms with Crippen LogP contribution in [0.3, 0.4) is 0 Å². The van der Waals surface area contributed by atoms with Gasteiger partial charge >= 0.3 is 5.97 Å². The summed E-state index contributed by atoms with van der Waals surface area (Å²) in [6, 6.07) is 7.66. The lowest BCUT2D eigenvalue weighted by atomic mass is 10.1. The molecule has 0 spiro atoms. The Bertz CT molecular complexity index is 405. The van der Waals surface area contributed by atoms with Crippen molar-refractivity contribution in [2.45, 2.75) is 39.4 Å². The summed E-state index contributed by atoms with van der Waals surface area (Å²) in [5.74, 6) is -0.224. The number of nitrogen functional groups attached to an aromatic ring is 1. The molecule has 0 saturated heterocycles. The lowest BCUT2D eigenvalue weighted by Crippen LogP contribution is -2.43. The third kappa shape index (κ3) is 3.47. The van der Waals surface area contributed by atoms with Crippen LogP contribution >= 0.6 is 0 Å². The van der Waals surface area contributed by atoms with E-state index in [4.69, 9.17) is 10.5 Å². The van der Waals surface area contributed by atoms with Gasteiger partial charge in [0.2, 0.25) is 0 Å². The van der Waals surface area contributed by atoms with Crippen molar-refractivity contribution in [1.82, 2.24) is 4.90 Å². The maximum Gasteiger partial charge on any atom is 0.322 e. The van der Waals surface area contributed by atoms with Crippen LogP contribution in [0.15, 0.2) is 24.3 Å². The van der Waals surface area contributed by atoms with Crippen LogP contribution in [0.2, 0.25) is 0 Å². The largest absolute Gasteiger partial charge is 0.468 e. The number of ether oxygens (including phenoxy) is 1. The molecular formula is C14H22N2O2. The molecule has 100 valence electrons. The Morgan fingerprint density at radius 1 is 1.33 bits per heavy atom. The number of carbonyl (C=O) groups is 1. The summed E-state index contributed by atoms with van der Waals surface area (Å²) in [6.07, 6.45) is 0. The summed E-state index contributed by atoms with van der Waals surface area (Å²) in [6.45, 7) is 6.60. The van der Waals surface area contributed by atoms with Gasteiger partial charge in [-0.25, -0.2) is 0 Å². The first kappa shape index (κ1) is 14.5. The second-order valence-corrected chi connectivity index (χ2v) is 4.66. The minimum atomic E-state index is -0.283. The van der Waals surface area contributed by atoms with Crippen molar-refractivity contribution in [2.75, 3.05) is 12.8 Å². The van der Waals surface area contributed by atoms with E-state index in [-0.39, 0.29) is 18.1 Å². The highest BCUT2D eigenvalue weighted by molar-refractivity contribution is 5.75. The highest BCUT2D eigenvalue weighted by Crippen LogP contribution is 2.17. The Morgan fingerprint density at radius 2 is 1.94 bits per heavy atom. The van der Waals surface area contributed by atoms with Crippen LogP contribution in [0.25, 0.3) is 0 Å². The van der Waals surface area contributed by atoms with Gasteiger partial charge in [0.05, 0.1) is 7.11 Å². The Hall–Kier alpha value is -1.55. The molecule has 4 heteroatoms. The predicted molar refractivity (Wildman–Crippen MR) is 73.0 cm³/mol. The van der Waals surface area contributed by atoms with Gasteiger partial charge < -0.3 is 10.5 Å². The van der Waals surface area contributed by atoms with E-state index < -0.39 is 0 Å². The SMILES string of the molecule is COC(=O)C(C)N(Cc1ccccc1N)C(C)C. The zero-order valence-corrected chi connectivity index (χ0v) is 11.5. The van der Waals surface area contributed by atoms with Gasteiger partial charge in [0.15, 0.2) is 0 Å². The normalized spacial score (nSPS) is 12.8. The number of nitrogens with two attached hydrogens (primary N) is 1. The van der Waals surface area contributed by atoms with E-state index >= 15 is 0 Å². The Kier molecular flexibility index (Phi) is 5.16. The van der Waals surface area contributed by atoms with Crippen molar-refractivity contribution in [3.63, 3.8) is 0 Å². The first-order valence-electron chi connectivity index (χ1n) is 6.14. The van der Waals surface area contributed by atoms with Crippen molar-refractivity contribution in [2.24, 2.45) is 0 Å². The summed E-state index contributed by atoms with van der Waals surface area (Å²) in [5, 5.41) is 0. The first-order chi connectivity index (χ1) is 8.47. The van der Waals surface area contributed by atoms with Crippen molar-refractivity contribution in [3.8, 4) is 0 Å². The second-order valence-electron chi connectivity index (χ2n) is 4.66. The number of carbonyl (C=O) groups excluding carboxylic acids is 1. The van der Waals surface area contributed by atoms with E-state index in [9.17, 15) is 4.79 Å². The van der Waals surface area contributed by atoms with Gasteiger partial charge in [0, 0.05) is 18.3 Å². The number of methoxy groups -OCH3 is 1. The zero-order valence-electron chi connectivity index (χ0n) is 11.5. The average Bonchev–Trinajstić information content (AvgIpc) is 2.35. The van der Waals surface area contributed by atoms with Crippen LogP contribution in [0.5, 0.6) is 0 Å². The highest BCUT2D eigenvalue weighted by atomic mass is 16.5. The molecule has 0 aliphatic heterocycles. The fraction of sp³-hybridized carbons (Fsp3) is 0.500. The fourth-order valence-corrected chi connectivity index (χ4v) is 1.95. The third-order valence-electron chi connectivity index (χ3n) is 3.11. The van der Waals surface area contributed by atoms with Gasteiger partial charge in [-0.15, -0.1) is 0 Å². The maximum atomic E-state index is 11.6. The molecule has 0 saturated carbocycles. The van der Waals surface area contributed by atoms with Crippen LogP contribution < -0.4 is 5.73 Å². The van der Waals surface area contributed by atoms with Crippen molar-refractivity contribution < 1.29 is 9.53 Å². The maximum absolute atomic E-state index is 11.6. The summed E-state index contributed by atoms with van der Waals surface area (Å²) in [7, 11) is 1.41. The lowest BCUT2D eigenvalue weighted by Gasteiger charge is -2.31. The molecule has 1 aromatic carbocycles. The lowest BCUT2D eigenvalue weighted by molar-refractivity contribution is -0.147. The standard InChI is InChI=1S/C14H22N2O2/c1-10(2)16(11(3)14(17)18-4)9-12-7-5-6-8-13(12)15/h5-8,10-11H,9,15H2,1-4H3. The van der Waals surface area contributed by atoms with Crippen molar-refractivity contribution in [3.05, 3.63) is 29.8 Å². The molecule has 1 unspecified atom stereocenters. The summed E-state index contributed by atoms with van der Waals surface area (Å²) >= 11 is 0. The molecule has 0 aliphatic rings. The number of hydrogen-bond acceptors (Lipinski definition) is 4. The van der Waals surface area contributed by atoms with Crippen molar-refractivity contribution in [1.29, 1.82) is 0 Å². The number of para-hydroxylation sites is 1. The molecule has 0 heterocycles. The quantitative estimate of drug-likeness (QED) is 0.642. The van der Waals surface area contributed by atoms with Gasteiger partial charge in [0.1, 0.15) is 6.04 Å². The number of anilines is 1. The van der Waals surface area contributed by atoms with Crippen LogP contribution in [0.1, 0.15) is 26.3 Å². The molecule has 18 heavy (non-hydrogen) atoms. The van der Waals surface area contributed by atoms with Gasteiger partial charge in [0.25, 0.3) is 0 Å². The highest BCUT2D eigenvalue weighted by Gasteiger charge is 2.24. The summed E-state index contributed by atoms with van der Waals surface area (Å²) < 4.78 is 4.80. The molecule has 1 rings (SSSR count). The van der Waals surface area contributed by atoms with E-state index in [0.717, 1.165) is 11.3 Å². The minimum Gasteiger partial charge on any atom is -0.468 e. The molecule has 0 aromatic heterocycles. The Balaban J connectivity index is 2.88. The number of esters is 1. The minimum absolute atomic E-state index is 0.224. The van der Waals surface area contributed by atoms with E-state index in [1.807, 2.05) is 31.2 Å². The number of nitrogens with zero attached hydrogens (tertiary/aromatic N) is 1. The molecule has 0 amide bonds. The van der Waals surface area contributed by atoms with E-state index in [2.05, 4.69) is 18.7 Å². The van der Waals surface area contributed by atoms with Crippen LogP contribution in [-0.4, -0.2) is 30.1 Å². The molecule has 0 fully saturated rings. The average molecular weight is 250 g/mol. The number of rotatable bonds is 5. The van der Waals surface area contributed by atoms with Crippen LogP contribution in [0, 0.1) is 0 Å². The van der Waals surface area contributed by atoms with Crippen molar-refractivity contribution >= 4 is 11.7 Å². The third-order valence-corrected chi connectivity index (χ3v) is 3.11. The van der Waals surface area contributed by atoms with Gasteiger partial charge in [-0.1, -0.05) is 18.2 Å². The Morgan fingerprint density at radius 3 is 2.44 bits per heavy atom. The molecular weight excluding hydrogens is 228 g/mol. The fourth-order valence-electron chi connectivity index (χ4n) is 1.95.